The molecule has 1 aliphatic rings. The van der Waals surface area contributed by atoms with E-state index in [1.807, 2.05) is 24.3 Å². The maximum atomic E-state index is 12.4. The lowest BCUT2D eigenvalue weighted by Gasteiger charge is -2.23. The van der Waals surface area contributed by atoms with Crippen LogP contribution in [0.25, 0.3) is 0 Å². The number of likely N-dealkylation sites (tertiary alicyclic amines) is 1. The highest BCUT2D eigenvalue weighted by molar-refractivity contribution is 9.10. The van der Waals surface area contributed by atoms with E-state index in [4.69, 9.17) is 9.84 Å². The Balaban J connectivity index is 1.95. The third kappa shape index (κ3) is 4.55. The molecule has 0 spiro atoms. The molecule has 1 aliphatic heterocycles. The number of nitrogens with zero attached hydrogens (tertiary/aromatic N) is 1. The third-order valence-corrected chi connectivity index (χ3v) is 4.45. The average molecular weight is 370 g/mol. The van der Waals surface area contributed by atoms with Gasteiger partial charge >= 0.3 is 5.97 Å². The monoisotopic (exact) mass is 369 g/mol. The number of carbonyl (C=O) groups excluding carboxylic acids is 1. The number of benzene rings is 1. The van der Waals surface area contributed by atoms with Gasteiger partial charge in [0.05, 0.1) is 12.5 Å². The Morgan fingerprint density at radius 3 is 2.86 bits per heavy atom. The fourth-order valence-electron chi connectivity index (χ4n) is 2.83. The van der Waals surface area contributed by atoms with Crippen molar-refractivity contribution < 1.29 is 19.4 Å². The molecule has 0 radical (unpaired) electrons. The van der Waals surface area contributed by atoms with Gasteiger partial charge in [0.15, 0.2) is 0 Å². The summed E-state index contributed by atoms with van der Waals surface area (Å²) in [7, 11) is 1.60. The summed E-state index contributed by atoms with van der Waals surface area (Å²) >= 11 is 3.41. The molecule has 1 aromatic rings. The van der Waals surface area contributed by atoms with Crippen LogP contribution in [0, 0.1) is 0 Å². The minimum absolute atomic E-state index is 0.00854. The van der Waals surface area contributed by atoms with Crippen LogP contribution in [0.5, 0.6) is 0 Å². The van der Waals surface area contributed by atoms with E-state index >= 15 is 0 Å². The zero-order valence-corrected chi connectivity index (χ0v) is 14.1. The quantitative estimate of drug-likeness (QED) is 0.836. The SMILES string of the molecule is COC1CC(CC(=O)O)N(C(=O)CCc2cccc(Br)c2)C1. The second-order valence-electron chi connectivity index (χ2n) is 5.52. The highest BCUT2D eigenvalue weighted by Crippen LogP contribution is 2.24. The standard InChI is InChI=1S/C16H20BrNO4/c1-22-14-8-13(9-16(20)21)18(10-14)15(19)6-5-11-3-2-4-12(17)7-11/h2-4,7,13-14H,5-6,8-10H2,1H3,(H,20,21). The first-order valence-corrected chi connectivity index (χ1v) is 8.07. The predicted octanol–water partition coefficient (Wildman–Crippen LogP) is 2.47. The highest BCUT2D eigenvalue weighted by Gasteiger charge is 2.36. The number of carbonyl (C=O) groups is 2. The Bertz CT molecular complexity index is 549. The van der Waals surface area contributed by atoms with Crippen molar-refractivity contribution in [1.29, 1.82) is 0 Å². The van der Waals surface area contributed by atoms with Crippen LogP contribution >= 0.6 is 15.9 Å². The number of carboxylic acid groups (broad SMARTS) is 1. The molecular weight excluding hydrogens is 350 g/mol. The number of hydrogen-bond acceptors (Lipinski definition) is 3. The van der Waals surface area contributed by atoms with Gasteiger partial charge < -0.3 is 14.7 Å². The molecule has 1 saturated heterocycles. The highest BCUT2D eigenvalue weighted by atomic mass is 79.9. The van der Waals surface area contributed by atoms with E-state index in [-0.39, 0.29) is 24.5 Å². The van der Waals surface area contributed by atoms with Gasteiger partial charge in [0.1, 0.15) is 0 Å². The number of hydrogen-bond donors (Lipinski definition) is 1. The van der Waals surface area contributed by atoms with Crippen LogP contribution in [0.2, 0.25) is 0 Å². The lowest BCUT2D eigenvalue weighted by Crippen LogP contribution is -2.37. The van der Waals surface area contributed by atoms with Gasteiger partial charge in [-0.25, -0.2) is 0 Å². The number of rotatable bonds is 6. The summed E-state index contributed by atoms with van der Waals surface area (Å²) in [5.74, 6) is -0.891. The Morgan fingerprint density at radius 2 is 2.23 bits per heavy atom. The molecule has 1 aromatic carbocycles. The molecule has 0 saturated carbocycles. The average Bonchev–Trinajstić information content (AvgIpc) is 2.87. The van der Waals surface area contributed by atoms with Gasteiger partial charge in [-0.05, 0) is 30.5 Å². The Kier molecular flexibility index (Phi) is 5.97. The second-order valence-corrected chi connectivity index (χ2v) is 6.44. The Morgan fingerprint density at radius 1 is 1.45 bits per heavy atom. The predicted molar refractivity (Wildman–Crippen MR) is 85.6 cm³/mol. The minimum Gasteiger partial charge on any atom is -0.481 e. The lowest BCUT2D eigenvalue weighted by molar-refractivity contribution is -0.139. The van der Waals surface area contributed by atoms with Crippen LogP contribution in [0.15, 0.2) is 28.7 Å². The van der Waals surface area contributed by atoms with Gasteiger partial charge in [-0.2, -0.15) is 0 Å². The number of methoxy groups -OCH3 is 1. The lowest BCUT2D eigenvalue weighted by atomic mass is 10.1. The van der Waals surface area contributed by atoms with Gasteiger partial charge in [-0.3, -0.25) is 9.59 Å². The molecule has 1 N–H and O–H groups in total. The molecule has 0 bridgehead atoms. The van der Waals surface area contributed by atoms with Crippen LogP contribution in [0.4, 0.5) is 0 Å². The van der Waals surface area contributed by atoms with E-state index < -0.39 is 5.97 Å². The van der Waals surface area contributed by atoms with Crippen LogP contribution in [-0.2, 0) is 20.7 Å². The molecule has 2 rings (SSSR count). The van der Waals surface area contributed by atoms with E-state index in [1.165, 1.54) is 0 Å². The van der Waals surface area contributed by atoms with Crippen molar-refractivity contribution in [1.82, 2.24) is 4.90 Å². The van der Waals surface area contributed by atoms with Crippen molar-refractivity contribution in [3.63, 3.8) is 0 Å². The van der Waals surface area contributed by atoms with Crippen LogP contribution < -0.4 is 0 Å². The van der Waals surface area contributed by atoms with E-state index in [0.29, 0.717) is 25.8 Å². The third-order valence-electron chi connectivity index (χ3n) is 3.96. The zero-order chi connectivity index (χ0) is 16.1. The normalized spacial score (nSPS) is 21.1. The molecule has 22 heavy (non-hydrogen) atoms. The number of amides is 1. The van der Waals surface area contributed by atoms with Gasteiger partial charge in [-0.15, -0.1) is 0 Å². The fourth-order valence-corrected chi connectivity index (χ4v) is 3.28. The first-order valence-electron chi connectivity index (χ1n) is 7.28. The summed E-state index contributed by atoms with van der Waals surface area (Å²) in [6.45, 7) is 0.478. The number of aryl methyl sites for hydroxylation is 1. The molecule has 5 nitrogen and oxygen atoms in total. The van der Waals surface area contributed by atoms with Gasteiger partial charge in [0.25, 0.3) is 0 Å². The summed E-state index contributed by atoms with van der Waals surface area (Å²) < 4.78 is 6.28. The largest absolute Gasteiger partial charge is 0.481 e. The summed E-state index contributed by atoms with van der Waals surface area (Å²) in [6.07, 6.45) is 1.52. The van der Waals surface area contributed by atoms with Crippen molar-refractivity contribution in [3.8, 4) is 0 Å². The number of carboxylic acids is 1. The number of aliphatic carboxylic acids is 1. The zero-order valence-electron chi connectivity index (χ0n) is 12.5. The topological polar surface area (TPSA) is 66.8 Å². The summed E-state index contributed by atoms with van der Waals surface area (Å²) in [5.41, 5.74) is 1.08. The summed E-state index contributed by atoms with van der Waals surface area (Å²) in [4.78, 5) is 25.0. The summed E-state index contributed by atoms with van der Waals surface area (Å²) in [6, 6.07) is 7.59. The van der Waals surface area contributed by atoms with Gasteiger partial charge in [0.2, 0.25) is 5.91 Å². The molecule has 6 heteroatoms. The van der Waals surface area contributed by atoms with Gasteiger partial charge in [0, 0.05) is 30.6 Å². The summed E-state index contributed by atoms with van der Waals surface area (Å²) in [5, 5.41) is 8.99. The molecular formula is C16H20BrNO4. The first-order chi connectivity index (χ1) is 10.5. The maximum Gasteiger partial charge on any atom is 0.305 e. The smallest absolute Gasteiger partial charge is 0.305 e. The van der Waals surface area contributed by atoms with Crippen molar-refractivity contribution in [2.45, 2.75) is 37.8 Å². The van der Waals surface area contributed by atoms with E-state index in [9.17, 15) is 9.59 Å². The van der Waals surface area contributed by atoms with Crippen LogP contribution in [0.3, 0.4) is 0 Å². The Labute approximate surface area is 138 Å². The molecule has 120 valence electrons. The van der Waals surface area contributed by atoms with Crippen molar-refractivity contribution in [3.05, 3.63) is 34.3 Å². The minimum atomic E-state index is -0.883. The Hall–Kier alpha value is -1.40. The van der Waals surface area contributed by atoms with E-state index in [2.05, 4.69) is 15.9 Å². The van der Waals surface area contributed by atoms with E-state index in [1.54, 1.807) is 12.0 Å². The molecule has 1 fully saturated rings. The fraction of sp³-hybridized carbons (Fsp3) is 0.500. The van der Waals surface area contributed by atoms with Crippen molar-refractivity contribution in [2.75, 3.05) is 13.7 Å². The molecule has 0 aromatic heterocycles. The maximum absolute atomic E-state index is 12.4. The molecule has 1 heterocycles. The van der Waals surface area contributed by atoms with Crippen LogP contribution in [-0.4, -0.2) is 47.7 Å². The molecule has 1 amide bonds. The molecule has 2 atom stereocenters. The van der Waals surface area contributed by atoms with E-state index in [0.717, 1.165) is 10.0 Å². The number of halogens is 1. The van der Waals surface area contributed by atoms with Crippen LogP contribution in [0.1, 0.15) is 24.8 Å². The second kappa shape index (κ2) is 7.74. The van der Waals surface area contributed by atoms with Gasteiger partial charge in [-0.1, -0.05) is 28.1 Å². The first kappa shape index (κ1) is 17.0. The molecule has 0 aliphatic carbocycles. The van der Waals surface area contributed by atoms with Crippen molar-refractivity contribution in [2.24, 2.45) is 0 Å². The van der Waals surface area contributed by atoms with Crippen molar-refractivity contribution >= 4 is 27.8 Å². The number of ether oxygens (including phenoxy) is 1. The molecule has 2 unspecified atom stereocenters.